The summed E-state index contributed by atoms with van der Waals surface area (Å²) in [5.41, 5.74) is -1.45. The van der Waals surface area contributed by atoms with Gasteiger partial charge in [0.15, 0.2) is 11.6 Å². The third-order valence-electron chi connectivity index (χ3n) is 5.61. The second kappa shape index (κ2) is 10.2. The lowest BCUT2D eigenvalue weighted by molar-refractivity contribution is -0.141. The van der Waals surface area contributed by atoms with Crippen LogP contribution >= 0.6 is 11.6 Å². The molecule has 38 heavy (non-hydrogen) atoms. The van der Waals surface area contributed by atoms with Gasteiger partial charge < -0.3 is 10.2 Å². The number of rotatable bonds is 7. The van der Waals surface area contributed by atoms with E-state index >= 15 is 0 Å². The van der Waals surface area contributed by atoms with Crippen LogP contribution in [0.15, 0.2) is 42.9 Å². The topological polar surface area (TPSA) is 93.0 Å². The monoisotopic (exact) mass is 560 g/mol. The van der Waals surface area contributed by atoms with E-state index < -0.39 is 48.4 Å². The van der Waals surface area contributed by atoms with Crippen LogP contribution in [0.4, 0.5) is 26.3 Å². The molecule has 1 aromatic carbocycles. The number of alkyl halides is 6. The van der Waals surface area contributed by atoms with Crippen LogP contribution in [0.3, 0.4) is 0 Å². The van der Waals surface area contributed by atoms with Gasteiger partial charge in [-0.1, -0.05) is 11.6 Å². The molecule has 3 aromatic rings. The standard InChI is InChI=1S/C23H19ClF6N6O2/c1-12(34-20(37)14-6-15(23(28,29)30)8-16(24)7-14)19-32-11-33-36(19)18-5-2-13(9-31-18)21(38)35(17-3-4-17)10-22(25,26)27/h2,5-9,11-12,17H,3-4,10H2,1H3,(H,34,37)/t12-/m0/s1. The molecule has 202 valence electrons. The Morgan fingerprint density at radius 2 is 1.82 bits per heavy atom. The molecule has 4 rings (SSSR count). The molecule has 1 saturated carbocycles. The molecule has 2 amide bonds. The molecule has 2 heterocycles. The number of hydrogen-bond acceptors (Lipinski definition) is 5. The zero-order valence-electron chi connectivity index (χ0n) is 19.5. The van der Waals surface area contributed by atoms with Crippen molar-refractivity contribution in [3.05, 3.63) is 70.4 Å². The number of amides is 2. The van der Waals surface area contributed by atoms with Gasteiger partial charge in [0.25, 0.3) is 11.8 Å². The molecule has 0 aliphatic heterocycles. The van der Waals surface area contributed by atoms with Crippen LogP contribution in [0.5, 0.6) is 0 Å². The maximum Gasteiger partial charge on any atom is 0.416 e. The number of pyridine rings is 1. The average molecular weight is 561 g/mol. The minimum atomic E-state index is -4.70. The van der Waals surface area contributed by atoms with Gasteiger partial charge in [-0.05, 0) is 50.1 Å². The Morgan fingerprint density at radius 1 is 1.11 bits per heavy atom. The molecule has 1 aliphatic rings. The van der Waals surface area contributed by atoms with Gasteiger partial charge in [0.2, 0.25) is 0 Å². The van der Waals surface area contributed by atoms with Crippen molar-refractivity contribution in [2.24, 2.45) is 0 Å². The van der Waals surface area contributed by atoms with E-state index in [1.165, 1.54) is 23.7 Å². The summed E-state index contributed by atoms with van der Waals surface area (Å²) in [6.07, 6.45) is -5.99. The first kappa shape index (κ1) is 27.4. The minimum absolute atomic E-state index is 0.0469. The number of halogens is 7. The molecule has 0 bridgehead atoms. The van der Waals surface area contributed by atoms with Crippen molar-refractivity contribution in [2.45, 2.75) is 44.2 Å². The summed E-state index contributed by atoms with van der Waals surface area (Å²) in [5.74, 6) is -1.35. The number of aromatic nitrogens is 4. The van der Waals surface area contributed by atoms with Crippen LogP contribution in [-0.4, -0.2) is 55.2 Å². The van der Waals surface area contributed by atoms with E-state index in [0.717, 1.165) is 23.5 Å². The highest BCUT2D eigenvalue weighted by Gasteiger charge is 2.41. The van der Waals surface area contributed by atoms with Gasteiger partial charge in [0.05, 0.1) is 17.2 Å². The fraction of sp³-hybridized carbons (Fsp3) is 0.348. The molecule has 1 N–H and O–H groups in total. The number of nitrogens with one attached hydrogen (secondary N) is 1. The molecule has 0 unspecified atom stereocenters. The highest BCUT2D eigenvalue weighted by molar-refractivity contribution is 6.31. The van der Waals surface area contributed by atoms with E-state index in [2.05, 4.69) is 20.4 Å². The van der Waals surface area contributed by atoms with E-state index in [4.69, 9.17) is 11.6 Å². The van der Waals surface area contributed by atoms with Crippen LogP contribution < -0.4 is 5.32 Å². The Hall–Kier alpha value is -3.68. The SMILES string of the molecule is C[C@H](NC(=O)c1cc(Cl)cc(C(F)(F)F)c1)c1ncnn1-c1ccc(C(=O)N(CC(F)(F)F)C2CC2)cn1. The van der Waals surface area contributed by atoms with Crippen LogP contribution in [0, 0.1) is 0 Å². The smallest absolute Gasteiger partial charge is 0.342 e. The predicted octanol–water partition coefficient (Wildman–Crippen LogP) is 4.99. The highest BCUT2D eigenvalue weighted by atomic mass is 35.5. The zero-order chi connectivity index (χ0) is 27.8. The Morgan fingerprint density at radius 3 is 2.39 bits per heavy atom. The maximum absolute atomic E-state index is 13.1. The number of nitrogens with zero attached hydrogens (tertiary/aromatic N) is 5. The van der Waals surface area contributed by atoms with E-state index in [9.17, 15) is 35.9 Å². The molecule has 0 saturated heterocycles. The number of benzene rings is 1. The van der Waals surface area contributed by atoms with Gasteiger partial charge in [0, 0.05) is 22.8 Å². The zero-order valence-corrected chi connectivity index (χ0v) is 20.3. The van der Waals surface area contributed by atoms with E-state index in [1.807, 2.05) is 0 Å². The molecule has 0 radical (unpaired) electrons. The fourth-order valence-corrected chi connectivity index (χ4v) is 3.94. The molecule has 1 atom stereocenters. The van der Waals surface area contributed by atoms with Crippen molar-refractivity contribution in [1.82, 2.24) is 30.0 Å². The molecule has 8 nitrogen and oxygen atoms in total. The van der Waals surface area contributed by atoms with Crippen molar-refractivity contribution in [2.75, 3.05) is 6.54 Å². The van der Waals surface area contributed by atoms with Crippen molar-refractivity contribution in [1.29, 1.82) is 0 Å². The number of carbonyl (C=O) groups is 2. The molecule has 1 aliphatic carbocycles. The van der Waals surface area contributed by atoms with Crippen LogP contribution in [0.2, 0.25) is 5.02 Å². The normalized spacial score (nSPS) is 14.7. The fourth-order valence-electron chi connectivity index (χ4n) is 3.70. The third kappa shape index (κ3) is 6.41. The quantitative estimate of drug-likeness (QED) is 0.411. The predicted molar refractivity (Wildman–Crippen MR) is 122 cm³/mol. The van der Waals surface area contributed by atoms with Crippen LogP contribution in [0.25, 0.3) is 5.82 Å². The Labute approximate surface area is 216 Å². The first-order valence-electron chi connectivity index (χ1n) is 11.2. The van der Waals surface area contributed by atoms with Gasteiger partial charge in [-0.25, -0.2) is 9.97 Å². The summed E-state index contributed by atoms with van der Waals surface area (Å²) in [5, 5.41) is 6.27. The maximum atomic E-state index is 13.1. The third-order valence-corrected chi connectivity index (χ3v) is 5.82. The number of hydrogen-bond donors (Lipinski definition) is 1. The van der Waals surface area contributed by atoms with Gasteiger partial charge in [-0.15, -0.1) is 0 Å². The van der Waals surface area contributed by atoms with E-state index in [1.54, 1.807) is 0 Å². The van der Waals surface area contributed by atoms with Crippen LogP contribution in [-0.2, 0) is 6.18 Å². The summed E-state index contributed by atoms with van der Waals surface area (Å²) in [6, 6.07) is 3.77. The van der Waals surface area contributed by atoms with Crippen molar-refractivity contribution in [3.8, 4) is 5.82 Å². The minimum Gasteiger partial charge on any atom is -0.342 e. The summed E-state index contributed by atoms with van der Waals surface area (Å²) in [7, 11) is 0. The Bertz CT molecular complexity index is 1340. The van der Waals surface area contributed by atoms with Gasteiger partial charge >= 0.3 is 12.4 Å². The van der Waals surface area contributed by atoms with Crippen LogP contribution in [0.1, 0.15) is 57.9 Å². The van der Waals surface area contributed by atoms with Gasteiger partial charge in [0.1, 0.15) is 12.9 Å². The molecule has 1 fully saturated rings. The largest absolute Gasteiger partial charge is 0.416 e. The summed E-state index contributed by atoms with van der Waals surface area (Å²) in [4.78, 5) is 34.2. The molecule has 0 spiro atoms. The second-order valence-electron chi connectivity index (χ2n) is 8.64. The molecular weight excluding hydrogens is 542 g/mol. The van der Waals surface area contributed by atoms with Gasteiger partial charge in [-0.3, -0.25) is 9.59 Å². The lowest BCUT2D eigenvalue weighted by Crippen LogP contribution is -2.40. The Kier molecular flexibility index (Phi) is 7.37. The molecular formula is C23H19ClF6N6O2. The van der Waals surface area contributed by atoms with E-state index in [0.29, 0.717) is 25.0 Å². The molecule has 2 aromatic heterocycles. The lowest BCUT2D eigenvalue weighted by atomic mass is 10.1. The number of carbonyl (C=O) groups excluding carboxylic acids is 2. The lowest BCUT2D eigenvalue weighted by Gasteiger charge is -2.23. The summed E-state index contributed by atoms with van der Waals surface area (Å²) >= 11 is 5.75. The first-order valence-corrected chi connectivity index (χ1v) is 11.5. The first-order chi connectivity index (χ1) is 17.7. The van der Waals surface area contributed by atoms with Crippen molar-refractivity contribution >= 4 is 23.4 Å². The highest BCUT2D eigenvalue weighted by Crippen LogP contribution is 2.33. The Balaban J connectivity index is 1.50. The van der Waals surface area contributed by atoms with Crippen molar-refractivity contribution in [3.63, 3.8) is 0 Å². The summed E-state index contributed by atoms with van der Waals surface area (Å²) in [6.45, 7) is 0.149. The average Bonchev–Trinajstić information content (AvgIpc) is 3.56. The molecule has 15 heteroatoms. The van der Waals surface area contributed by atoms with E-state index in [-0.39, 0.29) is 27.8 Å². The van der Waals surface area contributed by atoms with Crippen molar-refractivity contribution < 1.29 is 35.9 Å². The summed E-state index contributed by atoms with van der Waals surface area (Å²) < 4.78 is 79.2. The second-order valence-corrected chi connectivity index (χ2v) is 9.07. The van der Waals surface area contributed by atoms with Gasteiger partial charge in [-0.2, -0.15) is 36.1 Å².